The number of rotatable bonds is 6. The summed E-state index contributed by atoms with van der Waals surface area (Å²) < 4.78 is 6.75. The maximum absolute atomic E-state index is 13.0. The molecule has 0 saturated heterocycles. The zero-order valence-electron chi connectivity index (χ0n) is 14.8. The predicted molar refractivity (Wildman–Crippen MR) is 113 cm³/mol. The highest BCUT2D eigenvalue weighted by molar-refractivity contribution is 9.10. The van der Waals surface area contributed by atoms with E-state index in [0.717, 1.165) is 9.86 Å². The van der Waals surface area contributed by atoms with Crippen LogP contribution in [0.15, 0.2) is 87.8 Å². The number of fused-ring (bicyclic) bond motifs is 1. The van der Waals surface area contributed by atoms with E-state index in [1.54, 1.807) is 42.5 Å². The number of hydrogen-bond acceptors (Lipinski definition) is 4. The maximum atomic E-state index is 13.0. The highest BCUT2D eigenvalue weighted by Crippen LogP contribution is 2.32. The number of furan rings is 1. The molecule has 0 aliphatic rings. The van der Waals surface area contributed by atoms with Crippen LogP contribution < -0.4 is 5.32 Å². The molecule has 138 valence electrons. The van der Waals surface area contributed by atoms with Crippen molar-refractivity contribution in [2.45, 2.75) is 0 Å². The Hall–Kier alpha value is -3.18. The first-order chi connectivity index (χ1) is 13.6. The first-order valence-corrected chi connectivity index (χ1v) is 9.56. The third-order valence-electron chi connectivity index (χ3n) is 4.43. The van der Waals surface area contributed by atoms with Gasteiger partial charge in [0.2, 0.25) is 5.78 Å². The topological polar surface area (TPSA) is 59.3 Å². The lowest BCUT2D eigenvalue weighted by Gasteiger charge is -2.07. The number of ketones is 2. The van der Waals surface area contributed by atoms with E-state index in [4.69, 9.17) is 4.42 Å². The van der Waals surface area contributed by atoms with Crippen LogP contribution in [0.4, 0.5) is 5.69 Å². The van der Waals surface area contributed by atoms with Crippen LogP contribution in [-0.2, 0) is 0 Å². The number of anilines is 1. The third-order valence-corrected chi connectivity index (χ3v) is 4.96. The van der Waals surface area contributed by atoms with E-state index >= 15 is 0 Å². The largest absolute Gasteiger partial charge is 0.450 e. The number of para-hydroxylation sites is 1. The van der Waals surface area contributed by atoms with Gasteiger partial charge in [-0.25, -0.2) is 0 Å². The summed E-state index contributed by atoms with van der Waals surface area (Å²) in [5.74, 6) is -0.0951. The molecule has 1 N–H and O–H groups in total. The molecule has 0 fully saturated rings. The van der Waals surface area contributed by atoms with Crippen molar-refractivity contribution < 1.29 is 14.0 Å². The Morgan fingerprint density at radius 1 is 0.821 bits per heavy atom. The van der Waals surface area contributed by atoms with E-state index in [0.29, 0.717) is 22.4 Å². The van der Waals surface area contributed by atoms with Crippen molar-refractivity contribution in [2.24, 2.45) is 0 Å². The fourth-order valence-corrected chi connectivity index (χ4v) is 3.27. The Kier molecular flexibility index (Phi) is 5.08. The second kappa shape index (κ2) is 7.82. The summed E-state index contributed by atoms with van der Waals surface area (Å²) in [4.78, 5) is 25.5. The van der Waals surface area contributed by atoms with Crippen molar-refractivity contribution in [2.75, 3.05) is 11.9 Å². The zero-order valence-corrected chi connectivity index (χ0v) is 16.4. The van der Waals surface area contributed by atoms with Gasteiger partial charge in [-0.05, 0) is 24.3 Å². The highest BCUT2D eigenvalue weighted by Gasteiger charge is 2.22. The van der Waals surface area contributed by atoms with Gasteiger partial charge in [0.15, 0.2) is 11.5 Å². The van der Waals surface area contributed by atoms with Crippen LogP contribution in [0.2, 0.25) is 0 Å². The first-order valence-electron chi connectivity index (χ1n) is 8.77. The van der Waals surface area contributed by atoms with Crippen LogP contribution in [0, 0.1) is 0 Å². The predicted octanol–water partition coefficient (Wildman–Crippen LogP) is 5.72. The molecule has 0 bridgehead atoms. The molecule has 0 aliphatic heterocycles. The molecule has 0 radical (unpaired) electrons. The molecule has 4 nitrogen and oxygen atoms in total. The number of carbonyl (C=O) groups is 2. The summed E-state index contributed by atoms with van der Waals surface area (Å²) in [5, 5.41) is 3.89. The van der Waals surface area contributed by atoms with Crippen LogP contribution in [0.5, 0.6) is 0 Å². The Balaban J connectivity index is 1.66. The average molecular weight is 434 g/mol. The molecule has 0 spiro atoms. The highest BCUT2D eigenvalue weighted by atomic mass is 79.9. The van der Waals surface area contributed by atoms with Gasteiger partial charge in [-0.1, -0.05) is 70.5 Å². The molecule has 5 heteroatoms. The number of Topliss-reactive ketones (excluding diaryl/α,β-unsaturated/α-hetero) is 1. The summed E-state index contributed by atoms with van der Waals surface area (Å²) in [7, 11) is 0. The van der Waals surface area contributed by atoms with Gasteiger partial charge < -0.3 is 9.73 Å². The quantitative estimate of drug-likeness (QED) is 0.395. The fourth-order valence-electron chi connectivity index (χ4n) is 3.01. The summed E-state index contributed by atoms with van der Waals surface area (Å²) in [6.45, 7) is 0.0558. The Morgan fingerprint density at radius 3 is 2.25 bits per heavy atom. The second-order valence-electron chi connectivity index (χ2n) is 6.28. The van der Waals surface area contributed by atoms with Gasteiger partial charge in [0.25, 0.3) is 0 Å². The second-order valence-corrected chi connectivity index (χ2v) is 7.20. The van der Waals surface area contributed by atoms with Gasteiger partial charge in [-0.2, -0.15) is 0 Å². The molecule has 1 heterocycles. The van der Waals surface area contributed by atoms with Gasteiger partial charge in [0.05, 0.1) is 12.2 Å². The number of halogens is 1. The molecular weight excluding hydrogens is 418 g/mol. The molecule has 4 rings (SSSR count). The van der Waals surface area contributed by atoms with E-state index in [1.807, 2.05) is 36.4 Å². The normalized spacial score (nSPS) is 10.8. The number of benzene rings is 3. The van der Waals surface area contributed by atoms with Gasteiger partial charge in [0.1, 0.15) is 5.58 Å². The number of hydrogen-bond donors (Lipinski definition) is 1. The molecule has 0 atom stereocenters. The van der Waals surface area contributed by atoms with Crippen LogP contribution in [-0.4, -0.2) is 18.1 Å². The fraction of sp³-hybridized carbons (Fsp3) is 0.0435. The minimum atomic E-state index is -0.226. The van der Waals surface area contributed by atoms with Crippen LogP contribution in [0.3, 0.4) is 0 Å². The Morgan fingerprint density at radius 2 is 1.50 bits per heavy atom. The molecule has 3 aromatic carbocycles. The van der Waals surface area contributed by atoms with Gasteiger partial charge in [0, 0.05) is 21.0 Å². The standard InChI is InChI=1S/C23H16BrNO3/c24-17-12-10-15(11-13-17)19(26)14-25-21-18-8-4-5-9-20(18)28-23(21)22(27)16-6-2-1-3-7-16/h1-13,25H,14H2. The summed E-state index contributed by atoms with van der Waals surface area (Å²) in [5.41, 5.74) is 2.26. The van der Waals surface area contributed by atoms with E-state index in [2.05, 4.69) is 21.2 Å². The van der Waals surface area contributed by atoms with E-state index < -0.39 is 0 Å². The van der Waals surface area contributed by atoms with Crippen LogP contribution >= 0.6 is 15.9 Å². The molecule has 1 aromatic heterocycles. The number of carbonyl (C=O) groups excluding carboxylic acids is 2. The minimum absolute atomic E-state index is 0.0558. The van der Waals surface area contributed by atoms with Crippen LogP contribution in [0.25, 0.3) is 11.0 Å². The van der Waals surface area contributed by atoms with Crippen molar-refractivity contribution in [1.29, 1.82) is 0 Å². The summed E-state index contributed by atoms with van der Waals surface area (Å²) >= 11 is 3.36. The van der Waals surface area contributed by atoms with Gasteiger partial charge in [-0.3, -0.25) is 9.59 Å². The molecule has 0 unspecified atom stereocenters. The first kappa shape index (κ1) is 18.2. The van der Waals surface area contributed by atoms with Crippen LogP contribution in [0.1, 0.15) is 26.5 Å². The van der Waals surface area contributed by atoms with Gasteiger partial charge in [-0.15, -0.1) is 0 Å². The Bertz CT molecular complexity index is 1150. The molecule has 0 aliphatic carbocycles. The maximum Gasteiger partial charge on any atom is 0.230 e. The number of nitrogens with one attached hydrogen (secondary N) is 1. The van der Waals surface area contributed by atoms with Crippen molar-refractivity contribution >= 4 is 44.2 Å². The molecule has 0 amide bonds. The lowest BCUT2D eigenvalue weighted by molar-refractivity contribution is 0.0997. The van der Waals surface area contributed by atoms with Crippen molar-refractivity contribution in [3.05, 3.63) is 100 Å². The molecule has 0 saturated carbocycles. The van der Waals surface area contributed by atoms with Crippen molar-refractivity contribution in [1.82, 2.24) is 0 Å². The lowest BCUT2D eigenvalue weighted by atomic mass is 10.1. The monoisotopic (exact) mass is 433 g/mol. The zero-order chi connectivity index (χ0) is 19.5. The average Bonchev–Trinajstić information content (AvgIpc) is 3.11. The van der Waals surface area contributed by atoms with Crippen molar-refractivity contribution in [3.8, 4) is 0 Å². The minimum Gasteiger partial charge on any atom is -0.450 e. The molecular formula is C23H16BrNO3. The smallest absolute Gasteiger partial charge is 0.230 e. The Labute approximate surface area is 170 Å². The van der Waals surface area contributed by atoms with Crippen molar-refractivity contribution in [3.63, 3.8) is 0 Å². The SMILES string of the molecule is O=C(CNc1c(C(=O)c2ccccc2)oc2ccccc12)c1ccc(Br)cc1. The molecule has 4 aromatic rings. The third kappa shape index (κ3) is 3.62. The summed E-state index contributed by atoms with van der Waals surface area (Å²) in [6, 6.07) is 23.5. The lowest BCUT2D eigenvalue weighted by Crippen LogP contribution is -2.15. The van der Waals surface area contributed by atoms with E-state index in [1.165, 1.54) is 0 Å². The molecule has 28 heavy (non-hydrogen) atoms. The van der Waals surface area contributed by atoms with E-state index in [-0.39, 0.29) is 23.9 Å². The van der Waals surface area contributed by atoms with E-state index in [9.17, 15) is 9.59 Å². The summed E-state index contributed by atoms with van der Waals surface area (Å²) in [6.07, 6.45) is 0. The van der Waals surface area contributed by atoms with Gasteiger partial charge >= 0.3 is 0 Å².